The van der Waals surface area contributed by atoms with Crippen LogP contribution in [-0.4, -0.2) is 62.9 Å². The minimum atomic E-state index is -4.57. The number of halogens is 3. The Balaban J connectivity index is 2.02. The molecule has 2 N–H and O–H groups in total. The number of rotatable bonds is 5. The topological polar surface area (TPSA) is 94.0 Å². The van der Waals surface area contributed by atoms with Gasteiger partial charge in [0.1, 0.15) is 46.2 Å². The number of hydrogen-bond donors (Lipinski definition) is 2. The molecule has 0 unspecified atom stereocenters. The van der Waals surface area contributed by atoms with Crippen molar-refractivity contribution in [2.24, 2.45) is 0 Å². The maximum absolute atomic E-state index is 13.1. The number of hydrogen-bond acceptors (Lipinski definition) is 7. The highest BCUT2D eigenvalue weighted by atomic mass is 19.4. The van der Waals surface area contributed by atoms with Crippen LogP contribution in [0.25, 0.3) is 0 Å². The summed E-state index contributed by atoms with van der Waals surface area (Å²) in [5, 5.41) is 9.48. The predicted octanol–water partition coefficient (Wildman–Crippen LogP) is -0.851. The van der Waals surface area contributed by atoms with E-state index in [4.69, 9.17) is 4.74 Å². The summed E-state index contributed by atoms with van der Waals surface area (Å²) in [6.07, 6.45) is -3.36. The van der Waals surface area contributed by atoms with Crippen LogP contribution in [0.1, 0.15) is 24.6 Å². The molecule has 29 heavy (non-hydrogen) atoms. The second kappa shape index (κ2) is 6.99. The van der Waals surface area contributed by atoms with Gasteiger partial charge in [0.15, 0.2) is 0 Å². The second-order valence-electron chi connectivity index (χ2n) is 8.04. The third kappa shape index (κ3) is 3.92. The van der Waals surface area contributed by atoms with E-state index in [0.29, 0.717) is 24.5 Å². The summed E-state index contributed by atoms with van der Waals surface area (Å²) in [6, 6.07) is 1.68. The van der Waals surface area contributed by atoms with Crippen LogP contribution in [0.5, 0.6) is 0 Å². The molecule has 0 aromatic carbocycles. The molecule has 0 saturated carbocycles. The van der Waals surface area contributed by atoms with Gasteiger partial charge in [0.05, 0.1) is 12.3 Å². The minimum Gasteiger partial charge on any atom is -0.465 e. The average Bonchev–Trinajstić information content (AvgIpc) is 3.18. The van der Waals surface area contributed by atoms with E-state index < -0.39 is 22.4 Å². The molecule has 0 spiro atoms. The van der Waals surface area contributed by atoms with Gasteiger partial charge in [-0.25, -0.2) is 4.98 Å². The van der Waals surface area contributed by atoms with E-state index in [2.05, 4.69) is 25.7 Å². The van der Waals surface area contributed by atoms with Gasteiger partial charge in [-0.1, -0.05) is 0 Å². The monoisotopic (exact) mass is 406 g/mol. The lowest BCUT2D eigenvalue weighted by Gasteiger charge is -2.23. The van der Waals surface area contributed by atoms with Gasteiger partial charge in [0.2, 0.25) is 5.95 Å². The molecule has 2 aromatic rings. The summed E-state index contributed by atoms with van der Waals surface area (Å²) in [5.41, 5.74) is -1.33. The van der Waals surface area contributed by atoms with E-state index >= 15 is 0 Å². The molecular weight excluding hydrogens is 386 g/mol. The molecule has 1 aliphatic rings. The molecule has 152 valence electrons. The van der Waals surface area contributed by atoms with Crippen molar-refractivity contribution in [2.75, 3.05) is 24.3 Å². The van der Waals surface area contributed by atoms with Crippen LogP contribution in [-0.2, 0) is 26.4 Å². The Morgan fingerprint density at radius 3 is 2.52 bits per heavy atom. The van der Waals surface area contributed by atoms with E-state index in [0.717, 1.165) is 6.20 Å². The zero-order valence-electron chi connectivity index (χ0n) is 16.8. The van der Waals surface area contributed by atoms with Crippen molar-refractivity contribution in [2.45, 2.75) is 30.2 Å². The van der Waals surface area contributed by atoms with Gasteiger partial charge in [0, 0.05) is 25.7 Å². The Morgan fingerprint density at radius 2 is 2.00 bits per heavy atom. The van der Waals surface area contributed by atoms with Crippen molar-refractivity contribution in [3.8, 4) is 0 Å². The van der Waals surface area contributed by atoms with Crippen molar-refractivity contribution >= 4 is 47.1 Å². The quantitative estimate of drug-likeness (QED) is 0.494. The molecule has 1 saturated heterocycles. The molecule has 1 atom stereocenters. The Morgan fingerprint density at radius 1 is 1.31 bits per heavy atom. The van der Waals surface area contributed by atoms with Gasteiger partial charge in [-0.15, -0.1) is 0 Å². The van der Waals surface area contributed by atoms with E-state index in [9.17, 15) is 18.0 Å². The number of ether oxygens (including phenoxy) is 1. The van der Waals surface area contributed by atoms with Crippen LogP contribution in [0.2, 0.25) is 0 Å². The molecule has 14 heteroatoms. The summed E-state index contributed by atoms with van der Waals surface area (Å²) in [4.78, 5) is 19.9. The maximum Gasteiger partial charge on any atom is 0.421 e. The summed E-state index contributed by atoms with van der Waals surface area (Å²) in [6.45, 7) is 2.07. The molecule has 0 bridgehead atoms. The van der Waals surface area contributed by atoms with Crippen LogP contribution in [0.3, 0.4) is 0 Å². The Labute approximate surface area is 168 Å². The molecule has 3 heterocycles. The van der Waals surface area contributed by atoms with Crippen LogP contribution >= 0.6 is 0 Å². The lowest BCUT2D eigenvalue weighted by Crippen LogP contribution is -2.37. The number of carbonyl (C=O) groups excluding carboxylic acids is 1. The number of nitrogens with zero attached hydrogens (tertiary/aromatic N) is 4. The first-order valence-corrected chi connectivity index (χ1v) is 9.03. The number of anilines is 3. The lowest BCUT2D eigenvalue weighted by atomic mass is 9.49. The van der Waals surface area contributed by atoms with Crippen LogP contribution in [0, 0.1) is 0 Å². The highest BCUT2D eigenvalue weighted by Crippen LogP contribution is 2.36. The molecule has 0 aliphatic carbocycles. The van der Waals surface area contributed by atoms with Crippen LogP contribution in [0.15, 0.2) is 12.3 Å². The smallest absolute Gasteiger partial charge is 0.421 e. The second-order valence-corrected chi connectivity index (χ2v) is 8.04. The summed E-state index contributed by atoms with van der Waals surface area (Å²) in [5.74, 6) is -0.275. The summed E-state index contributed by atoms with van der Waals surface area (Å²) >= 11 is 0. The summed E-state index contributed by atoms with van der Waals surface area (Å²) in [7, 11) is 7.09. The van der Waals surface area contributed by atoms with E-state index in [1.165, 1.54) is 7.05 Å². The molecule has 3 rings (SSSR count). The van der Waals surface area contributed by atoms with E-state index in [-0.39, 0.29) is 17.7 Å². The Hall–Kier alpha value is -2.66. The first-order chi connectivity index (χ1) is 13.4. The first-order valence-electron chi connectivity index (χ1n) is 9.03. The predicted molar refractivity (Wildman–Crippen MR) is 109 cm³/mol. The average molecular weight is 406 g/mol. The highest BCUT2D eigenvalue weighted by molar-refractivity contribution is 6.56. The molecule has 2 aromatic heterocycles. The third-order valence-electron chi connectivity index (χ3n) is 4.77. The number of alkyl halides is 3. The van der Waals surface area contributed by atoms with Crippen molar-refractivity contribution in [3.63, 3.8) is 0 Å². The van der Waals surface area contributed by atoms with Crippen molar-refractivity contribution in [3.05, 3.63) is 23.5 Å². The number of esters is 1. The normalized spacial score (nSPS) is 19.8. The van der Waals surface area contributed by atoms with E-state index in [1.54, 1.807) is 17.7 Å². The Kier molecular flexibility index (Phi) is 5.08. The van der Waals surface area contributed by atoms with Gasteiger partial charge >= 0.3 is 12.1 Å². The maximum atomic E-state index is 13.1. The molecule has 8 nitrogen and oxygen atoms in total. The van der Waals surface area contributed by atoms with Gasteiger partial charge in [-0.3, -0.25) is 9.48 Å². The SMILES string of the molecule is BC(B)(B)n1nc([C@@]2(C)CCOC2=O)cc1Nc1ncc(C(F)(F)F)c(NC)n1. The molecule has 1 aliphatic heterocycles. The zero-order valence-corrected chi connectivity index (χ0v) is 16.8. The van der Waals surface area contributed by atoms with Gasteiger partial charge in [-0.2, -0.15) is 23.3 Å². The number of aromatic nitrogens is 4. The van der Waals surface area contributed by atoms with Crippen LogP contribution < -0.4 is 10.6 Å². The fourth-order valence-electron chi connectivity index (χ4n) is 3.05. The number of cyclic esters (lactones) is 1. The molecule has 0 amide bonds. The molecule has 1 fully saturated rings. The summed E-state index contributed by atoms with van der Waals surface area (Å²) < 4.78 is 46.0. The van der Waals surface area contributed by atoms with E-state index in [1.807, 2.05) is 23.5 Å². The van der Waals surface area contributed by atoms with Gasteiger partial charge < -0.3 is 15.4 Å². The molecular formula is C15H20B3F3N6O2. The standard InChI is InChI=1S/C15H20B3F3N6O2/c1-13(3-4-29-11(13)28)8-5-9(27(26-8)15(16,17)18)24-12-23-6-7(14(19,20)21)10(22-2)25-12/h5-6H,3-4,16-18H2,1-2H3,(H2,22,23,24,25)/t13-/m1/s1. The number of carbonyl (C=O) groups is 1. The highest BCUT2D eigenvalue weighted by Gasteiger charge is 2.44. The first kappa shape index (κ1) is 21.1. The molecule has 0 radical (unpaired) electrons. The zero-order chi connectivity index (χ0) is 21.6. The lowest BCUT2D eigenvalue weighted by molar-refractivity contribution is -0.142. The Bertz CT molecular complexity index is 946. The van der Waals surface area contributed by atoms with Crippen molar-refractivity contribution in [1.82, 2.24) is 19.7 Å². The minimum absolute atomic E-state index is 0.0292. The van der Waals surface area contributed by atoms with Crippen molar-refractivity contribution in [1.29, 1.82) is 0 Å². The fraction of sp³-hybridized carbons (Fsp3) is 0.467. The van der Waals surface area contributed by atoms with Gasteiger partial charge in [-0.05, 0) is 12.2 Å². The van der Waals surface area contributed by atoms with Gasteiger partial charge in [0.25, 0.3) is 0 Å². The van der Waals surface area contributed by atoms with Crippen LogP contribution in [0.4, 0.5) is 30.8 Å². The largest absolute Gasteiger partial charge is 0.465 e. The number of nitrogens with one attached hydrogen (secondary N) is 2. The fourth-order valence-corrected chi connectivity index (χ4v) is 3.05. The van der Waals surface area contributed by atoms with Crippen molar-refractivity contribution < 1.29 is 22.7 Å². The third-order valence-corrected chi connectivity index (χ3v) is 4.77.